The van der Waals surface area contributed by atoms with Gasteiger partial charge >= 0.3 is 5.97 Å². The van der Waals surface area contributed by atoms with Crippen LogP contribution in [-0.4, -0.2) is 116 Å². The third-order valence-corrected chi connectivity index (χ3v) is 17.0. The monoisotopic (exact) mass is 746 g/mol. The Morgan fingerprint density at radius 2 is 1.49 bits per heavy atom. The van der Waals surface area contributed by atoms with Gasteiger partial charge in [0.1, 0.15) is 47.8 Å². The van der Waals surface area contributed by atoms with Crippen LogP contribution in [0.3, 0.4) is 0 Å². The largest absolute Gasteiger partial charge is 0.455 e. The van der Waals surface area contributed by atoms with Crippen molar-refractivity contribution in [1.82, 2.24) is 0 Å². The van der Waals surface area contributed by atoms with Crippen LogP contribution in [0.4, 0.5) is 0 Å². The van der Waals surface area contributed by atoms with Gasteiger partial charge in [0.05, 0.1) is 24.2 Å². The fourth-order valence-electron chi connectivity index (χ4n) is 13.2. The standard InChI is InChI=1S/C41H62O12/c1-20-26(43)28(45)29(46)32(50-20)52-30-27(44)22(42)19-49-33(30)51-25-12-13-36(4)23(35(25,2)3)11-14-38(6)24(36)10-9-21-31-40(8,48)39(7)16-18-41(31,34(47)53-39)17-15-37(21,38)5/h9-10,20,22-30,32-33,42-46,48H,11-19H2,1-8H3/t20-,22-,23?,24?,25-,26-,27-,28+,29+,30+,32-,33-,36-,37+,38+,39-,40-,41+/m0/s1. The van der Waals surface area contributed by atoms with Crippen LogP contribution in [0.1, 0.15) is 107 Å². The predicted octanol–water partition coefficient (Wildman–Crippen LogP) is 3.03. The first-order chi connectivity index (χ1) is 24.6. The number of esters is 1. The lowest BCUT2D eigenvalue weighted by molar-refractivity contribution is -0.364. The summed E-state index contributed by atoms with van der Waals surface area (Å²) in [6.45, 7) is 16.9. The first-order valence-electron chi connectivity index (χ1n) is 20.0. The maximum absolute atomic E-state index is 13.7. The lowest BCUT2D eigenvalue weighted by atomic mass is 9.35. The third-order valence-electron chi connectivity index (χ3n) is 17.0. The Morgan fingerprint density at radius 1 is 0.792 bits per heavy atom. The highest BCUT2D eigenvalue weighted by Crippen LogP contribution is 2.75. The molecule has 18 atom stereocenters. The smallest absolute Gasteiger partial charge is 0.317 e. The summed E-state index contributed by atoms with van der Waals surface area (Å²) in [6, 6.07) is 0. The fourth-order valence-corrected chi connectivity index (χ4v) is 13.2. The second-order valence-corrected chi connectivity index (χ2v) is 19.8. The number of fused-ring (bicyclic) bond motifs is 7. The molecule has 53 heavy (non-hydrogen) atoms. The van der Waals surface area contributed by atoms with Crippen LogP contribution in [0.5, 0.6) is 0 Å². The molecule has 7 fully saturated rings. The Morgan fingerprint density at radius 3 is 2.19 bits per heavy atom. The number of rotatable bonds is 4. The summed E-state index contributed by atoms with van der Waals surface area (Å²) < 4.78 is 30.4. The van der Waals surface area contributed by atoms with Crippen molar-refractivity contribution < 1.29 is 59.1 Å². The number of aliphatic hydroxyl groups is 6. The van der Waals surface area contributed by atoms with Crippen molar-refractivity contribution in [3.05, 3.63) is 23.3 Å². The van der Waals surface area contributed by atoms with E-state index < -0.39 is 71.9 Å². The summed E-state index contributed by atoms with van der Waals surface area (Å²) >= 11 is 0. The van der Waals surface area contributed by atoms with E-state index in [-0.39, 0.29) is 52.2 Å². The summed E-state index contributed by atoms with van der Waals surface area (Å²) in [7, 11) is 0. The molecule has 2 bridgehead atoms. The van der Waals surface area contributed by atoms with Gasteiger partial charge in [0.15, 0.2) is 12.6 Å². The average Bonchev–Trinajstić information content (AvgIpc) is 3.08. The summed E-state index contributed by atoms with van der Waals surface area (Å²) in [6.07, 6.45) is -0.901. The molecule has 4 heterocycles. The first-order valence-corrected chi connectivity index (χ1v) is 20.0. The zero-order valence-electron chi connectivity index (χ0n) is 32.6. The molecule has 12 heteroatoms. The molecule has 4 aliphatic heterocycles. The number of carbonyl (C=O) groups is 1. The highest BCUT2D eigenvalue weighted by Gasteiger charge is 2.73. The molecule has 5 aliphatic carbocycles. The van der Waals surface area contributed by atoms with Crippen LogP contribution in [-0.2, 0) is 28.5 Å². The number of aliphatic hydroxyl groups excluding tert-OH is 5. The highest BCUT2D eigenvalue weighted by molar-refractivity contribution is 5.86. The van der Waals surface area contributed by atoms with Gasteiger partial charge in [0, 0.05) is 0 Å². The van der Waals surface area contributed by atoms with E-state index >= 15 is 0 Å². The molecule has 1 spiro atoms. The van der Waals surface area contributed by atoms with Gasteiger partial charge in [-0.1, -0.05) is 46.8 Å². The zero-order chi connectivity index (χ0) is 38.5. The molecule has 4 saturated heterocycles. The Bertz CT molecular complexity index is 1570. The molecule has 0 aromatic heterocycles. The summed E-state index contributed by atoms with van der Waals surface area (Å²) in [5.74, 6) is 0.313. The quantitative estimate of drug-likeness (QED) is 0.183. The van der Waals surface area contributed by atoms with E-state index in [1.165, 1.54) is 0 Å². The van der Waals surface area contributed by atoms with Gasteiger partial charge in [-0.15, -0.1) is 0 Å². The first kappa shape index (κ1) is 38.4. The molecule has 12 nitrogen and oxygen atoms in total. The Hall–Kier alpha value is -1.45. The molecular weight excluding hydrogens is 684 g/mol. The lowest BCUT2D eigenvalue weighted by Crippen LogP contribution is -2.71. The van der Waals surface area contributed by atoms with Crippen LogP contribution < -0.4 is 0 Å². The average molecular weight is 747 g/mol. The van der Waals surface area contributed by atoms with Gasteiger partial charge < -0.3 is 54.3 Å². The van der Waals surface area contributed by atoms with Crippen LogP contribution in [0, 0.1) is 38.9 Å². The van der Waals surface area contributed by atoms with Gasteiger partial charge in [-0.3, -0.25) is 4.79 Å². The second-order valence-electron chi connectivity index (χ2n) is 19.8. The van der Waals surface area contributed by atoms with E-state index in [1.807, 2.05) is 13.8 Å². The fraction of sp³-hybridized carbons (Fsp3) is 0.878. The minimum absolute atomic E-state index is 0.0909. The van der Waals surface area contributed by atoms with Crippen molar-refractivity contribution in [2.24, 2.45) is 38.9 Å². The van der Waals surface area contributed by atoms with E-state index in [0.29, 0.717) is 25.7 Å². The van der Waals surface area contributed by atoms with Crippen molar-refractivity contribution in [1.29, 1.82) is 0 Å². The van der Waals surface area contributed by atoms with E-state index in [2.05, 4.69) is 46.8 Å². The topological polar surface area (TPSA) is 185 Å². The van der Waals surface area contributed by atoms with Crippen molar-refractivity contribution in [3.8, 4) is 0 Å². The van der Waals surface area contributed by atoms with Gasteiger partial charge in [0.2, 0.25) is 0 Å². The molecule has 0 amide bonds. The molecule has 298 valence electrons. The SMILES string of the molecule is C[C@@H]1O[C@@H](O[C@H]2[C@H](O[C@H]3CC[C@@]4(C)C(CC[C@]5(C)C4C=CC4=C6[C@]7(CC[C@](C)(OC7=O)[C@@]6(C)O)CC[C@]45C)C3(C)C)OC[C@H](O)[C@@H]2O)[C@H](O)[C@H](O)[C@H]1O. The van der Waals surface area contributed by atoms with E-state index in [4.69, 9.17) is 23.7 Å². The van der Waals surface area contributed by atoms with E-state index in [0.717, 1.165) is 36.8 Å². The minimum Gasteiger partial charge on any atom is -0.455 e. The maximum atomic E-state index is 13.7. The van der Waals surface area contributed by atoms with Crippen molar-refractivity contribution in [2.45, 2.75) is 179 Å². The molecule has 0 aromatic carbocycles. The Balaban J connectivity index is 1.08. The minimum atomic E-state index is -1.59. The van der Waals surface area contributed by atoms with Gasteiger partial charge in [-0.05, 0) is 117 Å². The number of carbonyl (C=O) groups excluding carboxylic acids is 1. The van der Waals surface area contributed by atoms with Crippen molar-refractivity contribution in [3.63, 3.8) is 0 Å². The molecule has 3 saturated carbocycles. The van der Waals surface area contributed by atoms with Crippen LogP contribution in [0.15, 0.2) is 23.3 Å². The summed E-state index contributed by atoms with van der Waals surface area (Å²) in [5.41, 5.74) is -1.74. The van der Waals surface area contributed by atoms with Gasteiger partial charge in [0.25, 0.3) is 0 Å². The number of hydrogen-bond donors (Lipinski definition) is 6. The van der Waals surface area contributed by atoms with Gasteiger partial charge in [-0.25, -0.2) is 0 Å². The lowest BCUT2D eigenvalue weighted by Gasteiger charge is -2.71. The number of allylic oxidation sites excluding steroid dienone is 3. The van der Waals surface area contributed by atoms with E-state index in [1.54, 1.807) is 6.92 Å². The maximum Gasteiger partial charge on any atom is 0.317 e. The van der Waals surface area contributed by atoms with E-state index in [9.17, 15) is 35.4 Å². The molecule has 9 rings (SSSR count). The van der Waals surface area contributed by atoms with Gasteiger partial charge in [-0.2, -0.15) is 0 Å². The normalized spacial score (nSPS) is 57.2. The molecule has 6 N–H and O–H groups in total. The molecule has 2 unspecified atom stereocenters. The van der Waals surface area contributed by atoms with Crippen LogP contribution in [0.25, 0.3) is 0 Å². The molecular formula is C41H62O12. The second kappa shape index (κ2) is 12.0. The Labute approximate surface area is 312 Å². The number of ether oxygens (including phenoxy) is 5. The van der Waals surface area contributed by atoms with Crippen LogP contribution in [0.2, 0.25) is 0 Å². The highest BCUT2D eigenvalue weighted by atomic mass is 16.8. The molecule has 9 aliphatic rings. The third kappa shape index (κ3) is 4.92. The van der Waals surface area contributed by atoms with Crippen LogP contribution >= 0.6 is 0 Å². The summed E-state index contributed by atoms with van der Waals surface area (Å²) in [4.78, 5) is 13.7. The summed E-state index contributed by atoms with van der Waals surface area (Å²) in [5, 5.41) is 65.1. The number of hydrogen-bond acceptors (Lipinski definition) is 12. The van der Waals surface area contributed by atoms with Crippen molar-refractivity contribution >= 4 is 5.97 Å². The van der Waals surface area contributed by atoms with Crippen molar-refractivity contribution in [2.75, 3.05) is 6.61 Å². The molecule has 0 radical (unpaired) electrons. The predicted molar refractivity (Wildman–Crippen MR) is 190 cm³/mol. The molecule has 0 aromatic rings. The zero-order valence-corrected chi connectivity index (χ0v) is 32.6. The Kier molecular flexibility index (Phi) is 8.73.